The van der Waals surface area contributed by atoms with Gasteiger partial charge < -0.3 is 24.8 Å². The van der Waals surface area contributed by atoms with Crippen LogP contribution in [0.3, 0.4) is 0 Å². The summed E-state index contributed by atoms with van der Waals surface area (Å²) in [5, 5.41) is 6.55. The first-order valence-electron chi connectivity index (χ1n) is 9.53. The van der Waals surface area contributed by atoms with E-state index in [1.165, 1.54) is 5.56 Å². The highest BCUT2D eigenvalue weighted by Gasteiger charge is 2.05. The van der Waals surface area contributed by atoms with Crippen molar-refractivity contribution >= 4 is 29.9 Å². The number of hydrogen-bond acceptors (Lipinski definition) is 4. The zero-order valence-corrected chi connectivity index (χ0v) is 19.5. The number of guanidine groups is 1. The molecule has 0 radical (unpaired) electrons. The monoisotopic (exact) mass is 493 g/mol. The summed E-state index contributed by atoms with van der Waals surface area (Å²) in [7, 11) is 1.76. The number of ether oxygens (including phenoxy) is 3. The average molecular weight is 493 g/mol. The van der Waals surface area contributed by atoms with E-state index in [4.69, 9.17) is 14.2 Å². The van der Waals surface area contributed by atoms with Crippen molar-refractivity contribution in [2.45, 2.75) is 40.2 Å². The predicted molar refractivity (Wildman–Crippen MR) is 123 cm³/mol. The molecule has 1 aromatic carbocycles. The number of nitrogens with zero attached hydrogens (tertiary/aromatic N) is 1. The summed E-state index contributed by atoms with van der Waals surface area (Å²) < 4.78 is 16.7. The molecule has 0 heterocycles. The van der Waals surface area contributed by atoms with Gasteiger partial charge in [-0.05, 0) is 31.9 Å². The Bertz CT molecular complexity index is 527. The molecule has 7 heteroatoms. The third-order valence-corrected chi connectivity index (χ3v) is 3.75. The number of hydrogen-bond donors (Lipinski definition) is 2. The molecule has 0 aromatic heterocycles. The second-order valence-electron chi connectivity index (χ2n) is 5.98. The van der Waals surface area contributed by atoms with Crippen LogP contribution in [0.15, 0.2) is 23.2 Å². The van der Waals surface area contributed by atoms with Crippen molar-refractivity contribution in [1.82, 2.24) is 10.6 Å². The summed E-state index contributed by atoms with van der Waals surface area (Å²) in [6.45, 7) is 10.9. The minimum Gasteiger partial charge on any atom is -0.494 e. The molecule has 0 aliphatic carbocycles. The van der Waals surface area contributed by atoms with Gasteiger partial charge in [0.15, 0.2) is 5.96 Å². The van der Waals surface area contributed by atoms with E-state index in [-0.39, 0.29) is 24.0 Å². The van der Waals surface area contributed by atoms with Crippen LogP contribution < -0.4 is 15.4 Å². The summed E-state index contributed by atoms with van der Waals surface area (Å²) in [4.78, 5) is 4.24. The van der Waals surface area contributed by atoms with Crippen LogP contribution in [0.5, 0.6) is 5.75 Å². The molecule has 0 atom stereocenters. The van der Waals surface area contributed by atoms with Crippen LogP contribution in [0.25, 0.3) is 0 Å². The number of benzene rings is 1. The van der Waals surface area contributed by atoms with Crippen LogP contribution in [0.4, 0.5) is 0 Å². The maximum absolute atomic E-state index is 5.71. The van der Waals surface area contributed by atoms with Crippen LogP contribution in [-0.4, -0.2) is 52.6 Å². The van der Waals surface area contributed by atoms with E-state index in [1.807, 2.05) is 6.92 Å². The van der Waals surface area contributed by atoms with E-state index in [0.29, 0.717) is 39.5 Å². The van der Waals surface area contributed by atoms with Gasteiger partial charge in [0.1, 0.15) is 5.75 Å². The summed E-state index contributed by atoms with van der Waals surface area (Å²) in [6, 6.07) is 6.24. The molecule has 0 aliphatic rings. The molecule has 0 saturated heterocycles. The molecule has 1 aromatic rings. The molecule has 0 bridgehead atoms. The van der Waals surface area contributed by atoms with E-state index in [0.717, 1.165) is 36.7 Å². The first-order valence-corrected chi connectivity index (χ1v) is 9.53. The molecule has 2 N–H and O–H groups in total. The first-order chi connectivity index (χ1) is 12.7. The van der Waals surface area contributed by atoms with Crippen molar-refractivity contribution in [3.05, 3.63) is 29.3 Å². The standard InChI is InChI=1S/C20H35N3O3.HI/c1-5-7-11-24-13-14-25-12-10-22-20(21-4)23-16-18-9-8-17(3)15-19(18)26-6-2;/h8-9,15H,5-7,10-14,16H2,1-4H3,(H2,21,22,23);1H. The van der Waals surface area contributed by atoms with Gasteiger partial charge in [0, 0.05) is 32.3 Å². The van der Waals surface area contributed by atoms with Crippen LogP contribution in [0, 0.1) is 6.92 Å². The number of nitrogens with one attached hydrogen (secondary N) is 2. The minimum absolute atomic E-state index is 0. The number of unbranched alkanes of at least 4 members (excludes halogenated alkanes) is 1. The Morgan fingerprint density at radius 1 is 1.04 bits per heavy atom. The number of aryl methyl sites for hydroxylation is 1. The molecule has 0 fully saturated rings. The van der Waals surface area contributed by atoms with Gasteiger partial charge in [0.2, 0.25) is 0 Å². The highest BCUT2D eigenvalue weighted by Crippen LogP contribution is 2.20. The Kier molecular flexibility index (Phi) is 16.4. The van der Waals surface area contributed by atoms with Crippen molar-refractivity contribution in [1.29, 1.82) is 0 Å². The quantitative estimate of drug-likeness (QED) is 0.191. The Morgan fingerprint density at radius 3 is 2.44 bits per heavy atom. The molecule has 0 spiro atoms. The van der Waals surface area contributed by atoms with Crippen LogP contribution in [-0.2, 0) is 16.0 Å². The average Bonchev–Trinajstić information content (AvgIpc) is 2.64. The Hall–Kier alpha value is -1.06. The maximum Gasteiger partial charge on any atom is 0.191 e. The molecule has 6 nitrogen and oxygen atoms in total. The summed E-state index contributed by atoms with van der Waals surface area (Å²) in [5.41, 5.74) is 2.30. The number of rotatable bonds is 13. The van der Waals surface area contributed by atoms with E-state index in [1.54, 1.807) is 7.05 Å². The lowest BCUT2D eigenvalue weighted by atomic mass is 10.1. The predicted octanol–water partition coefficient (Wildman–Crippen LogP) is 3.51. The van der Waals surface area contributed by atoms with Gasteiger partial charge in [0.25, 0.3) is 0 Å². The van der Waals surface area contributed by atoms with E-state index in [9.17, 15) is 0 Å². The molecule has 156 valence electrons. The number of halogens is 1. The molecular formula is C20H36IN3O3. The highest BCUT2D eigenvalue weighted by atomic mass is 127. The maximum atomic E-state index is 5.71. The normalized spacial score (nSPS) is 11.0. The van der Waals surface area contributed by atoms with Gasteiger partial charge in [0.05, 0.1) is 26.4 Å². The topological polar surface area (TPSA) is 64.1 Å². The van der Waals surface area contributed by atoms with Crippen molar-refractivity contribution in [3.63, 3.8) is 0 Å². The summed E-state index contributed by atoms with van der Waals surface area (Å²) in [6.07, 6.45) is 2.26. The van der Waals surface area contributed by atoms with Crippen molar-refractivity contribution in [2.75, 3.05) is 46.6 Å². The molecule has 27 heavy (non-hydrogen) atoms. The van der Waals surface area contributed by atoms with Crippen molar-refractivity contribution < 1.29 is 14.2 Å². The van der Waals surface area contributed by atoms with E-state index in [2.05, 4.69) is 47.7 Å². The van der Waals surface area contributed by atoms with Gasteiger partial charge >= 0.3 is 0 Å². The lowest BCUT2D eigenvalue weighted by Gasteiger charge is -2.15. The lowest BCUT2D eigenvalue weighted by molar-refractivity contribution is 0.0487. The molecule has 0 amide bonds. The fourth-order valence-corrected chi connectivity index (χ4v) is 2.31. The SMILES string of the molecule is CCCCOCCOCCNC(=NC)NCc1ccc(C)cc1OCC.I. The Labute approximate surface area is 181 Å². The first kappa shape index (κ1) is 25.9. The van der Waals surface area contributed by atoms with Gasteiger partial charge in [-0.3, -0.25) is 4.99 Å². The molecule has 0 unspecified atom stereocenters. The Balaban J connectivity index is 0.00000676. The lowest BCUT2D eigenvalue weighted by Crippen LogP contribution is -2.38. The zero-order chi connectivity index (χ0) is 19.0. The van der Waals surface area contributed by atoms with E-state index < -0.39 is 0 Å². The van der Waals surface area contributed by atoms with Gasteiger partial charge in [-0.15, -0.1) is 24.0 Å². The fourth-order valence-electron chi connectivity index (χ4n) is 2.31. The Morgan fingerprint density at radius 2 is 1.78 bits per heavy atom. The van der Waals surface area contributed by atoms with E-state index >= 15 is 0 Å². The highest BCUT2D eigenvalue weighted by molar-refractivity contribution is 14.0. The fraction of sp³-hybridized carbons (Fsp3) is 0.650. The van der Waals surface area contributed by atoms with Crippen LogP contribution >= 0.6 is 24.0 Å². The smallest absolute Gasteiger partial charge is 0.191 e. The second kappa shape index (κ2) is 17.1. The van der Waals surface area contributed by atoms with Crippen LogP contribution in [0.1, 0.15) is 37.8 Å². The zero-order valence-electron chi connectivity index (χ0n) is 17.2. The molecular weight excluding hydrogens is 457 g/mol. The number of aliphatic imine (C=N–C) groups is 1. The van der Waals surface area contributed by atoms with Gasteiger partial charge in [-0.25, -0.2) is 0 Å². The molecule has 0 aliphatic heterocycles. The minimum atomic E-state index is 0. The van der Waals surface area contributed by atoms with Crippen molar-refractivity contribution in [3.8, 4) is 5.75 Å². The summed E-state index contributed by atoms with van der Waals surface area (Å²) >= 11 is 0. The third kappa shape index (κ3) is 12.1. The van der Waals surface area contributed by atoms with Crippen molar-refractivity contribution in [2.24, 2.45) is 4.99 Å². The molecule has 0 saturated carbocycles. The molecule has 1 rings (SSSR count). The van der Waals surface area contributed by atoms with Gasteiger partial charge in [-0.1, -0.05) is 25.5 Å². The van der Waals surface area contributed by atoms with Gasteiger partial charge in [-0.2, -0.15) is 0 Å². The van der Waals surface area contributed by atoms with Crippen LogP contribution in [0.2, 0.25) is 0 Å². The third-order valence-electron chi connectivity index (χ3n) is 3.75. The second-order valence-corrected chi connectivity index (χ2v) is 5.98. The largest absolute Gasteiger partial charge is 0.494 e. The summed E-state index contributed by atoms with van der Waals surface area (Å²) in [5.74, 6) is 1.66.